The van der Waals surface area contributed by atoms with Crippen LogP contribution in [0.3, 0.4) is 0 Å². The predicted octanol–water partition coefficient (Wildman–Crippen LogP) is 2.84. The molecule has 0 radical (unpaired) electrons. The van der Waals surface area contributed by atoms with Crippen molar-refractivity contribution < 1.29 is 0 Å². The number of anilines is 1. The number of hydrogen-bond donors (Lipinski definition) is 1. The van der Waals surface area contributed by atoms with Crippen molar-refractivity contribution >= 4 is 16.9 Å². The molecule has 1 aliphatic rings. The molecule has 0 unspecified atom stereocenters. The second kappa shape index (κ2) is 4.79. The van der Waals surface area contributed by atoms with Gasteiger partial charge in [-0.2, -0.15) is 5.10 Å². The molecule has 0 aliphatic heterocycles. The van der Waals surface area contributed by atoms with Crippen LogP contribution in [0, 0.1) is 0 Å². The van der Waals surface area contributed by atoms with Crippen LogP contribution in [0.15, 0.2) is 6.20 Å². The van der Waals surface area contributed by atoms with Crippen molar-refractivity contribution in [2.45, 2.75) is 51.5 Å². The number of nitrogens with one attached hydrogen (secondary N) is 1. The Balaban J connectivity index is 2.10. The maximum absolute atomic E-state index is 4.76. The summed E-state index contributed by atoms with van der Waals surface area (Å²) >= 11 is 0. The highest BCUT2D eigenvalue weighted by molar-refractivity contribution is 5.86. The lowest BCUT2D eigenvalue weighted by molar-refractivity contribution is 0.666. The van der Waals surface area contributed by atoms with E-state index < -0.39 is 0 Å². The fourth-order valence-electron chi connectivity index (χ4n) is 2.79. The Labute approximate surface area is 113 Å². The molecular formula is C14H21N5. The van der Waals surface area contributed by atoms with Crippen LogP contribution >= 0.6 is 0 Å². The quantitative estimate of drug-likeness (QED) is 0.921. The zero-order chi connectivity index (χ0) is 13.4. The van der Waals surface area contributed by atoms with Crippen LogP contribution in [0.1, 0.15) is 51.3 Å². The molecule has 0 aromatic carbocycles. The van der Waals surface area contributed by atoms with Crippen LogP contribution in [0.4, 0.5) is 5.82 Å². The van der Waals surface area contributed by atoms with Crippen molar-refractivity contribution in [2.75, 3.05) is 5.32 Å². The average Bonchev–Trinajstić information content (AvgIpc) is 2.99. The third kappa shape index (κ3) is 2.29. The average molecular weight is 259 g/mol. The van der Waals surface area contributed by atoms with Gasteiger partial charge < -0.3 is 5.32 Å². The van der Waals surface area contributed by atoms with Crippen molar-refractivity contribution in [3.8, 4) is 0 Å². The third-order valence-corrected chi connectivity index (χ3v) is 3.76. The second-order valence-electron chi connectivity index (χ2n) is 5.72. The summed E-state index contributed by atoms with van der Waals surface area (Å²) < 4.78 is 1.83. The van der Waals surface area contributed by atoms with Crippen LogP contribution in [0.5, 0.6) is 0 Å². The van der Waals surface area contributed by atoms with Gasteiger partial charge in [-0.15, -0.1) is 0 Å². The Morgan fingerprint density at radius 1 is 1.26 bits per heavy atom. The van der Waals surface area contributed by atoms with E-state index in [1.54, 1.807) is 0 Å². The Hall–Kier alpha value is -1.65. The summed E-state index contributed by atoms with van der Waals surface area (Å²) in [5.41, 5.74) is 0.931. The van der Waals surface area contributed by atoms with E-state index in [0.717, 1.165) is 22.7 Å². The number of nitrogens with zero attached hydrogens (tertiary/aromatic N) is 4. The fourth-order valence-corrected chi connectivity index (χ4v) is 2.79. The van der Waals surface area contributed by atoms with Gasteiger partial charge in [0.2, 0.25) is 0 Å². The van der Waals surface area contributed by atoms with Gasteiger partial charge in [0, 0.05) is 19.0 Å². The molecule has 5 heteroatoms. The molecule has 3 rings (SSSR count). The molecule has 2 aromatic heterocycles. The van der Waals surface area contributed by atoms with E-state index in [4.69, 9.17) is 9.97 Å². The minimum absolute atomic E-state index is 0.356. The van der Waals surface area contributed by atoms with Crippen molar-refractivity contribution in [1.82, 2.24) is 19.7 Å². The standard InChI is InChI=1S/C14H21N5/c1-9(2)16-13-11-8-15-19(3)14(11)18-12(17-13)10-6-4-5-7-10/h8-10H,4-7H2,1-3H3,(H,16,17,18). The summed E-state index contributed by atoms with van der Waals surface area (Å²) in [6.07, 6.45) is 6.86. The van der Waals surface area contributed by atoms with Crippen LogP contribution < -0.4 is 5.32 Å². The van der Waals surface area contributed by atoms with E-state index in [2.05, 4.69) is 24.3 Å². The Morgan fingerprint density at radius 3 is 2.68 bits per heavy atom. The van der Waals surface area contributed by atoms with Gasteiger partial charge in [0.1, 0.15) is 11.6 Å². The first kappa shape index (κ1) is 12.4. The summed E-state index contributed by atoms with van der Waals surface area (Å²) in [5.74, 6) is 2.43. The van der Waals surface area contributed by atoms with Gasteiger partial charge in [-0.3, -0.25) is 4.68 Å². The van der Waals surface area contributed by atoms with Crippen LogP contribution in [-0.2, 0) is 7.05 Å². The minimum atomic E-state index is 0.356. The van der Waals surface area contributed by atoms with E-state index in [0.29, 0.717) is 12.0 Å². The van der Waals surface area contributed by atoms with E-state index in [9.17, 15) is 0 Å². The van der Waals surface area contributed by atoms with Gasteiger partial charge >= 0.3 is 0 Å². The maximum Gasteiger partial charge on any atom is 0.163 e. The highest BCUT2D eigenvalue weighted by atomic mass is 15.3. The largest absolute Gasteiger partial charge is 0.367 e. The molecule has 2 heterocycles. The molecule has 1 fully saturated rings. The summed E-state index contributed by atoms with van der Waals surface area (Å²) in [7, 11) is 1.94. The van der Waals surface area contributed by atoms with Gasteiger partial charge in [0.05, 0.1) is 11.6 Å². The maximum atomic E-state index is 4.76. The normalized spacial score (nSPS) is 16.6. The topological polar surface area (TPSA) is 55.6 Å². The minimum Gasteiger partial charge on any atom is -0.367 e. The van der Waals surface area contributed by atoms with E-state index >= 15 is 0 Å². The van der Waals surface area contributed by atoms with Gasteiger partial charge in [-0.25, -0.2) is 9.97 Å². The third-order valence-electron chi connectivity index (χ3n) is 3.76. The number of fused-ring (bicyclic) bond motifs is 1. The molecule has 0 saturated heterocycles. The number of rotatable bonds is 3. The smallest absolute Gasteiger partial charge is 0.163 e. The summed E-state index contributed by atoms with van der Waals surface area (Å²) in [6, 6.07) is 0.356. The van der Waals surface area contributed by atoms with Crippen LogP contribution in [0.2, 0.25) is 0 Å². The van der Waals surface area contributed by atoms with Gasteiger partial charge in [0.25, 0.3) is 0 Å². The van der Waals surface area contributed by atoms with Crippen LogP contribution in [0.25, 0.3) is 11.0 Å². The molecular weight excluding hydrogens is 238 g/mol. The van der Waals surface area contributed by atoms with E-state index in [-0.39, 0.29) is 0 Å². The SMILES string of the molecule is CC(C)Nc1nc(C2CCCC2)nc2c1cnn2C. The van der Waals surface area contributed by atoms with E-state index in [1.165, 1.54) is 25.7 Å². The van der Waals surface area contributed by atoms with Crippen LogP contribution in [-0.4, -0.2) is 25.8 Å². The zero-order valence-electron chi connectivity index (χ0n) is 11.8. The number of aromatic nitrogens is 4. The van der Waals surface area contributed by atoms with Crippen molar-refractivity contribution in [1.29, 1.82) is 0 Å². The van der Waals surface area contributed by atoms with Gasteiger partial charge in [-0.05, 0) is 26.7 Å². The number of aryl methyl sites for hydroxylation is 1. The molecule has 0 atom stereocenters. The second-order valence-corrected chi connectivity index (χ2v) is 5.72. The van der Waals surface area contributed by atoms with Gasteiger partial charge in [0.15, 0.2) is 5.65 Å². The summed E-state index contributed by atoms with van der Waals surface area (Å²) in [6.45, 7) is 4.25. The lowest BCUT2D eigenvalue weighted by atomic mass is 10.1. The highest BCUT2D eigenvalue weighted by Gasteiger charge is 2.22. The lowest BCUT2D eigenvalue weighted by Crippen LogP contribution is -2.14. The van der Waals surface area contributed by atoms with Crippen molar-refractivity contribution in [3.05, 3.63) is 12.0 Å². The lowest BCUT2D eigenvalue weighted by Gasteiger charge is -2.14. The summed E-state index contributed by atoms with van der Waals surface area (Å²) in [5, 5.41) is 8.74. The molecule has 19 heavy (non-hydrogen) atoms. The molecule has 1 saturated carbocycles. The molecule has 1 aliphatic carbocycles. The molecule has 102 valence electrons. The van der Waals surface area contributed by atoms with E-state index in [1.807, 2.05) is 17.9 Å². The monoisotopic (exact) mass is 259 g/mol. The van der Waals surface area contributed by atoms with Gasteiger partial charge in [-0.1, -0.05) is 12.8 Å². The molecule has 2 aromatic rings. The molecule has 0 spiro atoms. The first-order valence-corrected chi connectivity index (χ1v) is 7.11. The molecule has 0 bridgehead atoms. The first-order chi connectivity index (χ1) is 9.15. The van der Waals surface area contributed by atoms with Crippen molar-refractivity contribution in [3.63, 3.8) is 0 Å². The Bertz CT molecular complexity index is 581. The first-order valence-electron chi connectivity index (χ1n) is 7.11. The summed E-state index contributed by atoms with van der Waals surface area (Å²) in [4.78, 5) is 9.49. The fraction of sp³-hybridized carbons (Fsp3) is 0.643. The Kier molecular flexibility index (Phi) is 3.12. The Morgan fingerprint density at radius 2 is 2.00 bits per heavy atom. The number of hydrogen-bond acceptors (Lipinski definition) is 4. The molecule has 0 amide bonds. The van der Waals surface area contributed by atoms with Crippen molar-refractivity contribution in [2.24, 2.45) is 7.05 Å². The highest BCUT2D eigenvalue weighted by Crippen LogP contribution is 2.34. The predicted molar refractivity (Wildman–Crippen MR) is 76.3 cm³/mol. The zero-order valence-corrected chi connectivity index (χ0v) is 11.8. The molecule has 5 nitrogen and oxygen atoms in total. The molecule has 1 N–H and O–H groups in total.